The third-order valence-corrected chi connectivity index (χ3v) is 4.68. The second kappa shape index (κ2) is 5.70. The highest BCUT2D eigenvalue weighted by Gasteiger charge is 2.35. The molecule has 0 unspecified atom stereocenters. The smallest absolute Gasteiger partial charge is 0.118 e. The fraction of sp³-hybridized carbons (Fsp3) is 0.368. The zero-order valence-corrected chi connectivity index (χ0v) is 12.1. The first kappa shape index (κ1) is 13.2. The molecule has 0 radical (unpaired) electrons. The van der Waals surface area contributed by atoms with Crippen LogP contribution < -0.4 is 4.74 Å². The summed E-state index contributed by atoms with van der Waals surface area (Å²) in [6.07, 6.45) is 6.51. The van der Waals surface area contributed by atoms with Crippen molar-refractivity contribution in [2.24, 2.45) is 0 Å². The minimum Gasteiger partial charge on any atom is -0.497 e. The van der Waals surface area contributed by atoms with Crippen LogP contribution in [0.2, 0.25) is 0 Å². The summed E-state index contributed by atoms with van der Waals surface area (Å²) in [5.41, 5.74) is 3.10. The van der Waals surface area contributed by atoms with Gasteiger partial charge in [-0.25, -0.2) is 0 Å². The molecule has 20 heavy (non-hydrogen) atoms. The van der Waals surface area contributed by atoms with Crippen LogP contribution in [0, 0.1) is 0 Å². The topological polar surface area (TPSA) is 9.23 Å². The predicted molar refractivity (Wildman–Crippen MR) is 83.3 cm³/mol. The van der Waals surface area contributed by atoms with Crippen LogP contribution in [0.4, 0.5) is 0 Å². The zero-order chi connectivity index (χ0) is 13.8. The number of rotatable bonds is 3. The second-order valence-electron chi connectivity index (χ2n) is 5.74. The highest BCUT2D eigenvalue weighted by molar-refractivity contribution is 5.42. The summed E-state index contributed by atoms with van der Waals surface area (Å²) in [5, 5.41) is 0. The van der Waals surface area contributed by atoms with Crippen molar-refractivity contribution in [2.75, 3.05) is 7.11 Å². The number of ether oxygens (including phenoxy) is 1. The van der Waals surface area contributed by atoms with Crippen LogP contribution in [0.5, 0.6) is 5.75 Å². The summed E-state index contributed by atoms with van der Waals surface area (Å²) < 4.78 is 5.30. The maximum absolute atomic E-state index is 5.30. The van der Waals surface area contributed by atoms with E-state index in [1.54, 1.807) is 7.11 Å². The maximum Gasteiger partial charge on any atom is 0.118 e. The minimum absolute atomic E-state index is 0.200. The molecule has 1 aliphatic carbocycles. The van der Waals surface area contributed by atoms with Crippen molar-refractivity contribution < 1.29 is 4.74 Å². The van der Waals surface area contributed by atoms with E-state index in [0.29, 0.717) is 0 Å². The van der Waals surface area contributed by atoms with Gasteiger partial charge in [0.05, 0.1) is 7.11 Å². The average Bonchev–Trinajstić information content (AvgIpc) is 2.56. The van der Waals surface area contributed by atoms with E-state index in [9.17, 15) is 0 Å². The Balaban J connectivity index is 2.05. The lowest BCUT2D eigenvalue weighted by Gasteiger charge is -2.38. The van der Waals surface area contributed by atoms with Crippen LogP contribution in [0.3, 0.4) is 0 Å². The van der Waals surface area contributed by atoms with Crippen molar-refractivity contribution in [2.45, 2.75) is 37.5 Å². The van der Waals surface area contributed by atoms with Gasteiger partial charge in [0.1, 0.15) is 5.75 Å². The van der Waals surface area contributed by atoms with Crippen LogP contribution in [0.25, 0.3) is 0 Å². The van der Waals surface area contributed by atoms with Crippen LogP contribution in [0.15, 0.2) is 54.6 Å². The molecule has 0 heterocycles. The minimum atomic E-state index is 0.200. The Labute approximate surface area is 121 Å². The van der Waals surface area contributed by atoms with E-state index in [4.69, 9.17) is 4.74 Å². The molecule has 104 valence electrons. The SMILES string of the molecule is COc1ccc(C2(c3ccccc3)CCCCC2)cc1. The van der Waals surface area contributed by atoms with Gasteiger partial charge in [0.15, 0.2) is 0 Å². The molecule has 1 nitrogen and oxygen atoms in total. The third-order valence-electron chi connectivity index (χ3n) is 4.68. The Kier molecular flexibility index (Phi) is 3.77. The molecule has 0 atom stereocenters. The molecule has 0 aliphatic heterocycles. The Morgan fingerprint density at radius 2 is 1.35 bits per heavy atom. The van der Waals surface area contributed by atoms with Crippen LogP contribution in [-0.2, 0) is 5.41 Å². The first-order valence-corrected chi connectivity index (χ1v) is 7.55. The molecule has 1 aliphatic rings. The Bertz CT molecular complexity index is 536. The first-order chi connectivity index (χ1) is 9.85. The van der Waals surface area contributed by atoms with E-state index < -0.39 is 0 Å². The van der Waals surface area contributed by atoms with Crippen molar-refractivity contribution in [1.82, 2.24) is 0 Å². The van der Waals surface area contributed by atoms with E-state index in [1.807, 2.05) is 0 Å². The quantitative estimate of drug-likeness (QED) is 0.764. The summed E-state index contributed by atoms with van der Waals surface area (Å²) >= 11 is 0. The molecule has 0 saturated heterocycles. The molecular formula is C19H22O. The highest BCUT2D eigenvalue weighted by atomic mass is 16.5. The van der Waals surface area contributed by atoms with Gasteiger partial charge >= 0.3 is 0 Å². The van der Waals surface area contributed by atoms with Gasteiger partial charge in [-0.1, -0.05) is 61.7 Å². The van der Waals surface area contributed by atoms with Gasteiger partial charge in [-0.3, -0.25) is 0 Å². The molecule has 1 fully saturated rings. The van der Waals surface area contributed by atoms with Gasteiger partial charge in [-0.05, 0) is 36.1 Å². The molecule has 2 aromatic carbocycles. The molecule has 0 amide bonds. The number of hydrogen-bond acceptors (Lipinski definition) is 1. The van der Waals surface area contributed by atoms with E-state index in [-0.39, 0.29) is 5.41 Å². The largest absolute Gasteiger partial charge is 0.497 e. The van der Waals surface area contributed by atoms with Crippen molar-refractivity contribution in [3.63, 3.8) is 0 Å². The highest BCUT2D eigenvalue weighted by Crippen LogP contribution is 2.45. The summed E-state index contributed by atoms with van der Waals surface area (Å²) in [6, 6.07) is 19.7. The van der Waals surface area contributed by atoms with Gasteiger partial charge < -0.3 is 4.74 Å². The fourth-order valence-corrected chi connectivity index (χ4v) is 3.57. The summed E-state index contributed by atoms with van der Waals surface area (Å²) in [7, 11) is 1.72. The normalized spacial score (nSPS) is 17.6. The Hall–Kier alpha value is -1.76. The number of methoxy groups -OCH3 is 1. The monoisotopic (exact) mass is 266 g/mol. The van der Waals surface area contributed by atoms with Crippen molar-refractivity contribution in [3.05, 3.63) is 65.7 Å². The van der Waals surface area contributed by atoms with Crippen LogP contribution in [0.1, 0.15) is 43.2 Å². The van der Waals surface area contributed by atoms with Gasteiger partial charge in [-0.15, -0.1) is 0 Å². The lowest BCUT2D eigenvalue weighted by atomic mass is 9.65. The van der Waals surface area contributed by atoms with E-state index in [1.165, 1.54) is 43.2 Å². The molecule has 0 aromatic heterocycles. The van der Waals surface area contributed by atoms with Gasteiger partial charge in [0.25, 0.3) is 0 Å². The molecule has 2 aromatic rings. The summed E-state index contributed by atoms with van der Waals surface area (Å²) in [5.74, 6) is 0.938. The third kappa shape index (κ3) is 2.33. The zero-order valence-electron chi connectivity index (χ0n) is 12.1. The lowest BCUT2D eigenvalue weighted by Crippen LogP contribution is -2.30. The fourth-order valence-electron chi connectivity index (χ4n) is 3.57. The predicted octanol–water partition coefficient (Wildman–Crippen LogP) is 4.95. The van der Waals surface area contributed by atoms with Gasteiger partial charge in [-0.2, -0.15) is 0 Å². The van der Waals surface area contributed by atoms with Crippen molar-refractivity contribution >= 4 is 0 Å². The Morgan fingerprint density at radius 1 is 0.750 bits per heavy atom. The molecular weight excluding hydrogens is 244 g/mol. The molecule has 1 heteroatoms. The maximum atomic E-state index is 5.30. The molecule has 1 saturated carbocycles. The van der Waals surface area contributed by atoms with E-state index in [2.05, 4.69) is 54.6 Å². The van der Waals surface area contributed by atoms with Crippen molar-refractivity contribution in [1.29, 1.82) is 0 Å². The van der Waals surface area contributed by atoms with Crippen LogP contribution in [-0.4, -0.2) is 7.11 Å². The standard InChI is InChI=1S/C19H22O/c1-20-18-12-10-17(11-13-18)19(14-6-3-7-15-19)16-8-4-2-5-9-16/h2,4-5,8-13H,3,6-7,14-15H2,1H3. The molecule has 0 spiro atoms. The summed E-state index contributed by atoms with van der Waals surface area (Å²) in [4.78, 5) is 0. The number of benzene rings is 2. The molecule has 3 rings (SSSR count). The van der Waals surface area contributed by atoms with E-state index in [0.717, 1.165) is 5.75 Å². The van der Waals surface area contributed by atoms with Gasteiger partial charge in [0.2, 0.25) is 0 Å². The lowest BCUT2D eigenvalue weighted by molar-refractivity contribution is 0.345. The second-order valence-corrected chi connectivity index (χ2v) is 5.74. The number of hydrogen-bond donors (Lipinski definition) is 0. The summed E-state index contributed by atoms with van der Waals surface area (Å²) in [6.45, 7) is 0. The van der Waals surface area contributed by atoms with E-state index >= 15 is 0 Å². The van der Waals surface area contributed by atoms with Gasteiger partial charge in [0, 0.05) is 5.41 Å². The molecule has 0 bridgehead atoms. The van der Waals surface area contributed by atoms with Crippen LogP contribution >= 0.6 is 0 Å². The average molecular weight is 266 g/mol. The Morgan fingerprint density at radius 3 is 1.95 bits per heavy atom. The first-order valence-electron chi connectivity index (χ1n) is 7.55. The van der Waals surface area contributed by atoms with Crippen molar-refractivity contribution in [3.8, 4) is 5.75 Å². The molecule has 0 N–H and O–H groups in total.